The Balaban J connectivity index is 1.88. The van der Waals surface area contributed by atoms with Gasteiger partial charge in [-0.05, 0) is 32.4 Å². The fraction of sp³-hybridized carbons (Fsp3) is 0.350. The summed E-state index contributed by atoms with van der Waals surface area (Å²) in [7, 11) is 0. The van der Waals surface area contributed by atoms with Crippen molar-refractivity contribution in [1.82, 2.24) is 19.0 Å². The van der Waals surface area contributed by atoms with E-state index in [-0.39, 0.29) is 23.7 Å². The highest BCUT2D eigenvalue weighted by Crippen LogP contribution is 2.11. The number of rotatable bonds is 6. The van der Waals surface area contributed by atoms with E-state index in [0.717, 1.165) is 11.1 Å². The van der Waals surface area contributed by atoms with E-state index in [2.05, 4.69) is 5.32 Å². The van der Waals surface area contributed by atoms with E-state index in [1.165, 1.54) is 9.13 Å². The third kappa shape index (κ3) is 3.58. The van der Waals surface area contributed by atoms with Gasteiger partial charge in [0.1, 0.15) is 12.2 Å². The summed E-state index contributed by atoms with van der Waals surface area (Å²) >= 11 is 0. The molecule has 0 radical (unpaired) electrons. The van der Waals surface area contributed by atoms with Gasteiger partial charge in [0.05, 0.1) is 5.39 Å². The Bertz CT molecular complexity index is 1100. The first-order valence-electron chi connectivity index (χ1n) is 9.11. The average molecular weight is 368 g/mol. The second-order valence-corrected chi connectivity index (χ2v) is 6.52. The van der Waals surface area contributed by atoms with E-state index < -0.39 is 0 Å². The Morgan fingerprint density at radius 1 is 1.07 bits per heavy atom. The van der Waals surface area contributed by atoms with Crippen LogP contribution in [0.3, 0.4) is 0 Å². The summed E-state index contributed by atoms with van der Waals surface area (Å²) in [5.41, 5.74) is 1.98. The Morgan fingerprint density at radius 3 is 2.48 bits per heavy atom. The minimum atomic E-state index is -0.349. The lowest BCUT2D eigenvalue weighted by Gasteiger charge is -2.13. The Hall–Kier alpha value is -3.09. The van der Waals surface area contributed by atoms with E-state index >= 15 is 0 Å². The first-order chi connectivity index (χ1) is 13.0. The molecule has 0 bridgehead atoms. The number of benzene rings is 1. The molecule has 0 unspecified atom stereocenters. The first kappa shape index (κ1) is 18.7. The first-order valence-corrected chi connectivity index (χ1v) is 9.11. The summed E-state index contributed by atoms with van der Waals surface area (Å²) in [5, 5.41) is 3.34. The molecule has 0 aliphatic carbocycles. The van der Waals surface area contributed by atoms with Gasteiger partial charge in [0.25, 0.3) is 5.56 Å². The number of fused-ring (bicyclic) bond motifs is 1. The number of nitrogens with zero attached hydrogens (tertiary/aromatic N) is 3. The fourth-order valence-corrected chi connectivity index (χ4v) is 3.33. The number of hydrogen-bond acceptors (Lipinski definition) is 3. The van der Waals surface area contributed by atoms with Gasteiger partial charge in [-0.25, -0.2) is 4.79 Å². The lowest BCUT2D eigenvalue weighted by Crippen LogP contribution is -2.40. The monoisotopic (exact) mass is 368 g/mol. The van der Waals surface area contributed by atoms with E-state index in [1.54, 1.807) is 23.8 Å². The van der Waals surface area contributed by atoms with Gasteiger partial charge in [-0.15, -0.1) is 0 Å². The van der Waals surface area contributed by atoms with Crippen LogP contribution in [0.5, 0.6) is 0 Å². The normalized spacial score (nSPS) is 11.1. The maximum Gasteiger partial charge on any atom is 0.332 e. The molecule has 0 aliphatic heterocycles. The minimum absolute atomic E-state index is 0.0460. The van der Waals surface area contributed by atoms with Crippen molar-refractivity contribution in [2.75, 3.05) is 0 Å². The average Bonchev–Trinajstić information content (AvgIpc) is 3.05. The maximum absolute atomic E-state index is 12.6. The molecule has 0 atom stereocenters. The van der Waals surface area contributed by atoms with Gasteiger partial charge < -0.3 is 9.88 Å². The SMILES string of the molecule is CCn1c(=O)c2ccn(CC(=O)NCc3cccc(C)c3)c2n(CC)c1=O. The van der Waals surface area contributed by atoms with Crippen molar-refractivity contribution in [3.8, 4) is 0 Å². The van der Waals surface area contributed by atoms with Gasteiger partial charge in [0.2, 0.25) is 5.91 Å². The highest BCUT2D eigenvalue weighted by atomic mass is 16.2. The van der Waals surface area contributed by atoms with Crippen LogP contribution in [0.25, 0.3) is 11.0 Å². The zero-order valence-electron chi connectivity index (χ0n) is 15.9. The van der Waals surface area contributed by atoms with Gasteiger partial charge in [-0.1, -0.05) is 29.8 Å². The molecule has 7 heteroatoms. The Labute approximate surface area is 156 Å². The molecule has 0 saturated heterocycles. The number of aryl methyl sites for hydroxylation is 2. The predicted molar refractivity (Wildman–Crippen MR) is 105 cm³/mol. The highest BCUT2D eigenvalue weighted by Gasteiger charge is 2.16. The topological polar surface area (TPSA) is 78.0 Å². The van der Waals surface area contributed by atoms with Crippen molar-refractivity contribution >= 4 is 16.9 Å². The van der Waals surface area contributed by atoms with Crippen molar-refractivity contribution in [2.45, 2.75) is 47.0 Å². The van der Waals surface area contributed by atoms with Crippen LogP contribution in [0.1, 0.15) is 25.0 Å². The molecule has 142 valence electrons. The van der Waals surface area contributed by atoms with Gasteiger partial charge in [0, 0.05) is 25.8 Å². The van der Waals surface area contributed by atoms with Crippen LogP contribution in [0.15, 0.2) is 46.1 Å². The Morgan fingerprint density at radius 2 is 1.81 bits per heavy atom. The smallest absolute Gasteiger partial charge is 0.332 e. The third-order valence-corrected chi connectivity index (χ3v) is 4.65. The van der Waals surface area contributed by atoms with Gasteiger partial charge in [0.15, 0.2) is 0 Å². The molecular weight excluding hydrogens is 344 g/mol. The molecule has 27 heavy (non-hydrogen) atoms. The zero-order valence-corrected chi connectivity index (χ0v) is 15.9. The zero-order chi connectivity index (χ0) is 19.6. The summed E-state index contributed by atoms with van der Waals surface area (Å²) < 4.78 is 4.41. The van der Waals surface area contributed by atoms with Crippen LogP contribution in [0, 0.1) is 6.92 Å². The lowest BCUT2D eigenvalue weighted by atomic mass is 10.1. The number of nitrogens with one attached hydrogen (secondary N) is 1. The molecule has 2 aromatic heterocycles. The summed E-state index contributed by atoms with van der Waals surface area (Å²) in [6, 6.07) is 9.61. The molecule has 3 rings (SSSR count). The van der Waals surface area contributed by atoms with E-state index in [0.29, 0.717) is 30.7 Å². The summed E-state index contributed by atoms with van der Waals surface area (Å²) in [4.78, 5) is 37.5. The third-order valence-electron chi connectivity index (χ3n) is 4.65. The number of carbonyl (C=O) groups excluding carboxylic acids is 1. The van der Waals surface area contributed by atoms with Crippen LogP contribution >= 0.6 is 0 Å². The highest BCUT2D eigenvalue weighted by molar-refractivity contribution is 5.80. The summed E-state index contributed by atoms with van der Waals surface area (Å²) in [6.45, 7) is 6.84. The largest absolute Gasteiger partial charge is 0.350 e. The van der Waals surface area contributed by atoms with Crippen LogP contribution < -0.4 is 16.6 Å². The van der Waals surface area contributed by atoms with E-state index in [1.807, 2.05) is 38.1 Å². The lowest BCUT2D eigenvalue weighted by molar-refractivity contribution is -0.121. The molecular formula is C20H24N4O3. The van der Waals surface area contributed by atoms with E-state index in [4.69, 9.17) is 0 Å². The maximum atomic E-state index is 12.6. The van der Waals surface area contributed by atoms with E-state index in [9.17, 15) is 14.4 Å². The fourth-order valence-electron chi connectivity index (χ4n) is 3.33. The molecule has 0 aliphatic rings. The molecule has 2 heterocycles. The standard InChI is InChI=1S/C20H24N4O3/c1-4-23-18-16(19(26)24(5-2)20(23)27)9-10-22(18)13-17(25)21-12-15-8-6-7-14(3)11-15/h6-11H,4-5,12-13H2,1-3H3,(H,21,25). The second kappa shape index (κ2) is 7.65. The molecule has 1 aromatic carbocycles. The van der Waals surface area contributed by atoms with Crippen LogP contribution in [0.2, 0.25) is 0 Å². The van der Waals surface area contributed by atoms with Crippen molar-refractivity contribution in [2.24, 2.45) is 0 Å². The second-order valence-electron chi connectivity index (χ2n) is 6.52. The molecule has 7 nitrogen and oxygen atoms in total. The van der Waals surface area contributed by atoms with Crippen molar-refractivity contribution < 1.29 is 4.79 Å². The quantitative estimate of drug-likeness (QED) is 0.718. The number of amides is 1. The minimum Gasteiger partial charge on any atom is -0.350 e. The van der Waals surface area contributed by atoms with Crippen LogP contribution in [-0.4, -0.2) is 19.6 Å². The molecule has 0 spiro atoms. The number of aromatic nitrogens is 3. The molecule has 1 N–H and O–H groups in total. The van der Waals surface area contributed by atoms with Gasteiger partial charge >= 0.3 is 5.69 Å². The summed E-state index contributed by atoms with van der Waals surface area (Å²) in [5.74, 6) is -0.177. The summed E-state index contributed by atoms with van der Waals surface area (Å²) in [6.07, 6.45) is 1.68. The predicted octanol–water partition coefficient (Wildman–Crippen LogP) is 1.63. The van der Waals surface area contributed by atoms with Gasteiger partial charge in [-0.2, -0.15) is 0 Å². The number of carbonyl (C=O) groups is 1. The van der Waals surface area contributed by atoms with Gasteiger partial charge in [-0.3, -0.25) is 18.7 Å². The molecule has 0 saturated carbocycles. The van der Waals surface area contributed by atoms with Crippen molar-refractivity contribution in [1.29, 1.82) is 0 Å². The van der Waals surface area contributed by atoms with Crippen LogP contribution in [-0.2, 0) is 31.0 Å². The Kier molecular flexibility index (Phi) is 5.30. The molecule has 1 amide bonds. The number of hydrogen-bond donors (Lipinski definition) is 1. The van der Waals surface area contributed by atoms with Crippen molar-refractivity contribution in [3.63, 3.8) is 0 Å². The molecule has 3 aromatic rings. The molecule has 0 fully saturated rings. The van der Waals surface area contributed by atoms with Crippen molar-refractivity contribution in [3.05, 3.63) is 68.5 Å². The van der Waals surface area contributed by atoms with Crippen LogP contribution in [0.4, 0.5) is 0 Å².